The lowest BCUT2D eigenvalue weighted by atomic mass is 10.2. The zero-order valence-corrected chi connectivity index (χ0v) is 12.9. The van der Waals surface area contributed by atoms with E-state index in [-0.39, 0.29) is 11.6 Å². The Hall–Kier alpha value is -3.27. The number of nitrogens with one attached hydrogen (secondary N) is 2. The Kier molecular flexibility index (Phi) is 4.44. The summed E-state index contributed by atoms with van der Waals surface area (Å²) >= 11 is 0. The number of nitrogens with zero attached hydrogens (tertiary/aromatic N) is 1. The normalized spacial score (nSPS) is 18.1. The van der Waals surface area contributed by atoms with Crippen LogP contribution in [0.15, 0.2) is 42.5 Å². The summed E-state index contributed by atoms with van der Waals surface area (Å²) in [4.78, 5) is 24.2. The van der Waals surface area contributed by atoms with Gasteiger partial charge in [0.15, 0.2) is 0 Å². The average molecular weight is 341 g/mol. The number of amides is 2. The highest BCUT2D eigenvalue weighted by Crippen LogP contribution is 2.40. The Bertz CT molecular complexity index is 892. The molecule has 2 aromatic carbocycles. The minimum absolute atomic E-state index is 0.126. The minimum atomic E-state index is -0.872. The number of anilines is 2. The minimum Gasteiger partial charge on any atom is -0.326 e. The number of hydrogen-bond acceptors (Lipinski definition) is 3. The maximum atomic E-state index is 13.5. The fourth-order valence-electron chi connectivity index (χ4n) is 2.49. The second kappa shape index (κ2) is 6.69. The molecule has 2 unspecified atom stereocenters. The zero-order chi connectivity index (χ0) is 18.0. The highest BCUT2D eigenvalue weighted by atomic mass is 19.1. The number of benzene rings is 2. The summed E-state index contributed by atoms with van der Waals surface area (Å²) in [6.45, 7) is 0. The van der Waals surface area contributed by atoms with Crippen LogP contribution < -0.4 is 10.6 Å². The molecule has 0 bridgehead atoms. The van der Waals surface area contributed by atoms with Gasteiger partial charge in [0.05, 0.1) is 29.2 Å². The second-order valence-corrected chi connectivity index (χ2v) is 5.74. The van der Waals surface area contributed by atoms with Gasteiger partial charge in [-0.15, -0.1) is 0 Å². The smallest absolute Gasteiger partial charge is 0.228 e. The summed E-state index contributed by atoms with van der Waals surface area (Å²) in [6.07, 6.45) is 0.346. The Morgan fingerprint density at radius 2 is 1.76 bits per heavy atom. The fraction of sp³-hybridized carbons (Fsp3) is 0.167. The van der Waals surface area contributed by atoms with Crippen molar-refractivity contribution in [3.05, 3.63) is 59.7 Å². The molecule has 2 amide bonds. The monoisotopic (exact) mass is 341 g/mol. The van der Waals surface area contributed by atoms with Crippen LogP contribution in [0.5, 0.6) is 0 Å². The lowest BCUT2D eigenvalue weighted by Crippen LogP contribution is -2.21. The molecule has 1 aliphatic rings. The van der Waals surface area contributed by atoms with E-state index in [1.165, 1.54) is 6.07 Å². The Morgan fingerprint density at radius 1 is 1.04 bits per heavy atom. The molecule has 1 aliphatic carbocycles. The van der Waals surface area contributed by atoms with Gasteiger partial charge in [-0.1, -0.05) is 6.07 Å². The molecule has 2 N–H and O–H groups in total. The van der Waals surface area contributed by atoms with Gasteiger partial charge in [0.1, 0.15) is 11.6 Å². The molecule has 0 aliphatic heterocycles. The molecule has 0 spiro atoms. The first-order valence-electron chi connectivity index (χ1n) is 7.55. The van der Waals surface area contributed by atoms with Crippen LogP contribution in [0.25, 0.3) is 0 Å². The highest BCUT2D eigenvalue weighted by molar-refractivity contribution is 6.03. The molecule has 1 saturated carbocycles. The summed E-state index contributed by atoms with van der Waals surface area (Å²) < 4.78 is 26.4. The third kappa shape index (κ3) is 3.80. The van der Waals surface area contributed by atoms with Gasteiger partial charge in [0, 0.05) is 11.8 Å². The quantitative estimate of drug-likeness (QED) is 0.897. The molecular formula is C18H13F2N3O2. The summed E-state index contributed by atoms with van der Waals surface area (Å²) in [5, 5.41) is 13.9. The Morgan fingerprint density at radius 3 is 2.44 bits per heavy atom. The first kappa shape index (κ1) is 16.6. The van der Waals surface area contributed by atoms with Crippen molar-refractivity contribution >= 4 is 23.2 Å². The van der Waals surface area contributed by atoms with Crippen molar-refractivity contribution in [1.82, 2.24) is 0 Å². The third-order valence-corrected chi connectivity index (χ3v) is 3.91. The van der Waals surface area contributed by atoms with E-state index in [0.717, 1.165) is 12.1 Å². The van der Waals surface area contributed by atoms with Crippen LogP contribution in [-0.4, -0.2) is 11.8 Å². The van der Waals surface area contributed by atoms with E-state index in [0.29, 0.717) is 23.7 Å². The van der Waals surface area contributed by atoms with Gasteiger partial charge in [-0.05, 0) is 36.8 Å². The predicted octanol–water partition coefficient (Wildman–Crippen LogP) is 3.05. The molecule has 0 radical (unpaired) electrons. The average Bonchev–Trinajstić information content (AvgIpc) is 3.38. The van der Waals surface area contributed by atoms with Gasteiger partial charge in [-0.3, -0.25) is 9.59 Å². The van der Waals surface area contributed by atoms with Crippen molar-refractivity contribution in [2.24, 2.45) is 11.8 Å². The van der Waals surface area contributed by atoms with Crippen LogP contribution in [0, 0.1) is 34.8 Å². The van der Waals surface area contributed by atoms with E-state index in [2.05, 4.69) is 10.6 Å². The lowest BCUT2D eigenvalue weighted by molar-refractivity contribution is -0.122. The molecule has 0 saturated heterocycles. The molecule has 2 atom stereocenters. The number of rotatable bonds is 4. The van der Waals surface area contributed by atoms with E-state index in [1.807, 2.05) is 6.07 Å². The molecule has 0 heterocycles. The van der Waals surface area contributed by atoms with Crippen molar-refractivity contribution in [1.29, 1.82) is 5.26 Å². The fourth-order valence-corrected chi connectivity index (χ4v) is 2.49. The molecule has 126 valence electrons. The van der Waals surface area contributed by atoms with Crippen LogP contribution in [0.1, 0.15) is 12.0 Å². The number of halogens is 2. The molecule has 25 heavy (non-hydrogen) atoms. The van der Waals surface area contributed by atoms with Crippen LogP contribution in [0.3, 0.4) is 0 Å². The molecule has 5 nitrogen and oxygen atoms in total. The van der Waals surface area contributed by atoms with Crippen molar-refractivity contribution in [3.63, 3.8) is 0 Å². The maximum Gasteiger partial charge on any atom is 0.228 e. The third-order valence-electron chi connectivity index (χ3n) is 3.91. The number of nitriles is 1. The van der Waals surface area contributed by atoms with Gasteiger partial charge in [-0.25, -0.2) is 8.78 Å². The molecule has 2 aromatic rings. The van der Waals surface area contributed by atoms with Crippen LogP contribution in [-0.2, 0) is 9.59 Å². The van der Waals surface area contributed by atoms with Crippen LogP contribution in [0.4, 0.5) is 20.2 Å². The van der Waals surface area contributed by atoms with E-state index in [4.69, 9.17) is 5.26 Å². The summed E-state index contributed by atoms with van der Waals surface area (Å²) in [7, 11) is 0. The van der Waals surface area contributed by atoms with Crippen LogP contribution >= 0.6 is 0 Å². The van der Waals surface area contributed by atoms with Gasteiger partial charge >= 0.3 is 0 Å². The first-order chi connectivity index (χ1) is 12.0. The molecule has 3 rings (SSSR count). The standard InChI is InChI=1S/C18H13F2N3O2/c19-11-4-5-16(15(20)7-11)23-18(25)14-8-13(14)17(24)22-12-3-1-2-10(6-12)9-21/h1-7,13-14H,8H2,(H,22,24)(H,23,25). The number of carbonyl (C=O) groups is 2. The number of carbonyl (C=O) groups excluding carboxylic acids is 2. The van der Waals surface area contributed by atoms with E-state index in [1.54, 1.807) is 18.2 Å². The summed E-state index contributed by atoms with van der Waals surface area (Å²) in [5.74, 6) is -3.52. The van der Waals surface area contributed by atoms with Crippen molar-refractivity contribution in [3.8, 4) is 6.07 Å². The molecule has 7 heteroatoms. The topological polar surface area (TPSA) is 82.0 Å². The first-order valence-corrected chi connectivity index (χ1v) is 7.55. The number of hydrogen-bond donors (Lipinski definition) is 2. The van der Waals surface area contributed by atoms with Crippen molar-refractivity contribution in [2.45, 2.75) is 6.42 Å². The largest absolute Gasteiger partial charge is 0.326 e. The highest BCUT2D eigenvalue weighted by Gasteiger charge is 2.48. The second-order valence-electron chi connectivity index (χ2n) is 5.74. The van der Waals surface area contributed by atoms with E-state index in [9.17, 15) is 18.4 Å². The van der Waals surface area contributed by atoms with Crippen LogP contribution in [0.2, 0.25) is 0 Å². The van der Waals surface area contributed by atoms with Gasteiger partial charge in [0.25, 0.3) is 0 Å². The van der Waals surface area contributed by atoms with Crippen molar-refractivity contribution < 1.29 is 18.4 Å². The summed E-state index contributed by atoms with van der Waals surface area (Å²) in [5.41, 5.74) is 0.758. The summed E-state index contributed by atoms with van der Waals surface area (Å²) in [6, 6.07) is 11.2. The van der Waals surface area contributed by atoms with E-state index < -0.39 is 29.4 Å². The molecular weight excluding hydrogens is 328 g/mol. The molecule has 0 aromatic heterocycles. The predicted molar refractivity (Wildman–Crippen MR) is 86.4 cm³/mol. The van der Waals surface area contributed by atoms with Gasteiger partial charge in [-0.2, -0.15) is 5.26 Å². The lowest BCUT2D eigenvalue weighted by Gasteiger charge is -2.07. The molecule has 1 fully saturated rings. The maximum absolute atomic E-state index is 13.5. The zero-order valence-electron chi connectivity index (χ0n) is 12.9. The van der Waals surface area contributed by atoms with Gasteiger partial charge in [0.2, 0.25) is 11.8 Å². The van der Waals surface area contributed by atoms with E-state index >= 15 is 0 Å². The Balaban J connectivity index is 1.59. The SMILES string of the molecule is N#Cc1cccc(NC(=O)C2CC2C(=O)Nc2ccc(F)cc2F)c1. The van der Waals surface area contributed by atoms with Gasteiger partial charge < -0.3 is 10.6 Å². The Labute approximate surface area is 142 Å². The van der Waals surface area contributed by atoms with Crippen molar-refractivity contribution in [2.75, 3.05) is 10.6 Å².